The fraction of sp³-hybridized carbons (Fsp3) is 0.357. The number of pyridine rings is 1. The zero-order chi connectivity index (χ0) is 27.5. The Balaban J connectivity index is 1.42. The van der Waals surface area contributed by atoms with Gasteiger partial charge in [-0.05, 0) is 48.4 Å². The van der Waals surface area contributed by atoms with Crippen molar-refractivity contribution in [2.75, 3.05) is 19.0 Å². The number of benzene rings is 1. The number of hydrogen-bond acceptors (Lipinski definition) is 8. The molecule has 0 saturated heterocycles. The molecule has 4 atom stereocenters. The van der Waals surface area contributed by atoms with Gasteiger partial charge in [-0.3, -0.25) is 4.98 Å². The predicted octanol–water partition coefficient (Wildman–Crippen LogP) is 4.96. The quantitative estimate of drug-likeness (QED) is 0.305. The molecule has 0 spiro atoms. The van der Waals surface area contributed by atoms with Crippen molar-refractivity contribution in [2.45, 2.75) is 44.2 Å². The van der Waals surface area contributed by atoms with E-state index >= 15 is 0 Å². The van der Waals surface area contributed by atoms with Gasteiger partial charge in [0.1, 0.15) is 17.4 Å². The van der Waals surface area contributed by atoms with Gasteiger partial charge in [0.15, 0.2) is 0 Å². The Morgan fingerprint density at radius 2 is 1.97 bits per heavy atom. The van der Waals surface area contributed by atoms with E-state index in [1.54, 1.807) is 30.7 Å². The molecule has 0 aliphatic heterocycles. The third-order valence-electron chi connectivity index (χ3n) is 7.15. The maximum atomic E-state index is 14.8. The molecule has 5 rings (SSSR count). The number of aromatic nitrogens is 4. The molecule has 0 amide bonds. The van der Waals surface area contributed by atoms with Crippen molar-refractivity contribution >= 4 is 17.2 Å². The Morgan fingerprint density at radius 3 is 2.69 bits per heavy atom. The number of nitrogens with one attached hydrogen (secondary N) is 1. The number of anilines is 2. The molecule has 1 aliphatic rings. The molecular formula is C28H29F2N7O2. The van der Waals surface area contributed by atoms with Gasteiger partial charge in [0.25, 0.3) is 0 Å². The monoisotopic (exact) mass is 533 g/mol. The number of nitriles is 1. The van der Waals surface area contributed by atoms with Crippen molar-refractivity contribution in [1.29, 1.82) is 5.26 Å². The summed E-state index contributed by atoms with van der Waals surface area (Å²) in [4.78, 5) is 8.74. The zero-order valence-electron chi connectivity index (χ0n) is 21.6. The number of ether oxygens (including phenoxy) is 2. The highest BCUT2D eigenvalue weighted by Crippen LogP contribution is 2.40. The fourth-order valence-electron chi connectivity index (χ4n) is 5.35. The maximum absolute atomic E-state index is 14.8. The summed E-state index contributed by atoms with van der Waals surface area (Å²) >= 11 is 0. The van der Waals surface area contributed by atoms with Gasteiger partial charge < -0.3 is 20.5 Å². The van der Waals surface area contributed by atoms with Gasteiger partial charge in [0.2, 0.25) is 5.95 Å². The maximum Gasteiger partial charge on any atom is 0.229 e. The normalized spacial score (nSPS) is 21.0. The molecule has 0 unspecified atom stereocenters. The Bertz CT molecular complexity index is 1480. The number of hydrogen-bond donors (Lipinski definition) is 2. The Kier molecular flexibility index (Phi) is 7.67. The van der Waals surface area contributed by atoms with Gasteiger partial charge in [-0.1, -0.05) is 6.92 Å². The number of methoxy groups -OCH3 is 1. The molecule has 202 valence electrons. The number of nitrogens with two attached hydrogens (primary N) is 1. The molecule has 39 heavy (non-hydrogen) atoms. The number of fused-ring (bicyclic) bond motifs is 1. The van der Waals surface area contributed by atoms with Crippen molar-refractivity contribution in [3.63, 3.8) is 0 Å². The van der Waals surface area contributed by atoms with Crippen LogP contribution in [-0.4, -0.2) is 45.4 Å². The van der Waals surface area contributed by atoms with Crippen LogP contribution >= 0.6 is 0 Å². The molecular weight excluding hydrogens is 504 g/mol. The second kappa shape index (κ2) is 11.3. The lowest BCUT2D eigenvalue weighted by atomic mass is 9.74. The first kappa shape index (κ1) is 26.5. The van der Waals surface area contributed by atoms with Crippen LogP contribution < -0.4 is 15.8 Å². The van der Waals surface area contributed by atoms with Gasteiger partial charge in [0.05, 0.1) is 67.2 Å². The first-order valence-electron chi connectivity index (χ1n) is 12.7. The molecule has 1 saturated carbocycles. The highest BCUT2D eigenvalue weighted by Gasteiger charge is 2.35. The predicted molar refractivity (Wildman–Crippen MR) is 141 cm³/mol. The molecule has 0 radical (unpaired) electrons. The number of rotatable bonds is 8. The van der Waals surface area contributed by atoms with Gasteiger partial charge in [-0.2, -0.15) is 14.9 Å². The smallest absolute Gasteiger partial charge is 0.229 e. The second-order valence-corrected chi connectivity index (χ2v) is 9.74. The number of imidazole rings is 1. The molecule has 3 N–H and O–H groups in total. The van der Waals surface area contributed by atoms with Gasteiger partial charge >= 0.3 is 0 Å². The van der Waals surface area contributed by atoms with E-state index in [1.165, 1.54) is 11.6 Å². The summed E-state index contributed by atoms with van der Waals surface area (Å²) in [6.45, 7) is 2.49. The first-order valence-corrected chi connectivity index (χ1v) is 12.7. The highest BCUT2D eigenvalue weighted by molar-refractivity contribution is 5.66. The van der Waals surface area contributed by atoms with Crippen LogP contribution in [0.5, 0.6) is 5.75 Å². The average Bonchev–Trinajstić information content (AvgIpc) is 3.32. The van der Waals surface area contributed by atoms with E-state index in [2.05, 4.69) is 33.4 Å². The minimum atomic E-state index is -0.777. The molecule has 0 bridgehead atoms. The van der Waals surface area contributed by atoms with Crippen LogP contribution in [0.4, 0.5) is 20.4 Å². The standard InChI is InChI=1S/C28H29F2N7O2/c1-16-10-17(11-23(32)27(16)39-9-3-7-31)20-6-8-33-15-25(20)35-28-34-14-18-4-5-24(36-37(18)28)26-21(29)12-19(38-2)13-22(26)30/h4-6,8,12-17,23,27H,3,9-11,32H2,1-2H3,(H,34,35)/t16-,17+,23+,27-/m0/s1. The van der Waals surface area contributed by atoms with Gasteiger partial charge in [0, 0.05) is 24.4 Å². The van der Waals surface area contributed by atoms with Crippen molar-refractivity contribution in [3.05, 3.63) is 66.1 Å². The van der Waals surface area contributed by atoms with Crippen LogP contribution in [-0.2, 0) is 4.74 Å². The SMILES string of the molecule is COc1cc(F)c(-c2ccc3cnc(Nc4cnccc4[C@H]4C[C@@H](N)[C@@H](OCCC#N)[C@@H](C)C4)n3n2)c(F)c1. The van der Waals surface area contributed by atoms with Crippen LogP contribution in [0.25, 0.3) is 16.8 Å². The van der Waals surface area contributed by atoms with E-state index in [-0.39, 0.29) is 41.0 Å². The molecule has 1 aromatic carbocycles. The minimum Gasteiger partial charge on any atom is -0.497 e. The zero-order valence-corrected chi connectivity index (χ0v) is 21.6. The fourth-order valence-corrected chi connectivity index (χ4v) is 5.35. The third-order valence-corrected chi connectivity index (χ3v) is 7.15. The Labute approximate surface area is 224 Å². The molecule has 11 heteroatoms. The summed E-state index contributed by atoms with van der Waals surface area (Å²) in [6.07, 6.45) is 6.87. The molecule has 4 aromatic rings. The van der Waals surface area contributed by atoms with Crippen molar-refractivity contribution in [2.24, 2.45) is 11.7 Å². The van der Waals surface area contributed by atoms with Crippen LogP contribution in [0, 0.1) is 28.9 Å². The van der Waals surface area contributed by atoms with Crippen LogP contribution in [0.15, 0.2) is 48.9 Å². The summed E-state index contributed by atoms with van der Waals surface area (Å²) < 4.78 is 41.9. The van der Waals surface area contributed by atoms with Crippen LogP contribution in [0.3, 0.4) is 0 Å². The average molecular weight is 534 g/mol. The lowest BCUT2D eigenvalue weighted by Gasteiger charge is -2.39. The third kappa shape index (κ3) is 5.39. The van der Waals surface area contributed by atoms with E-state index in [0.29, 0.717) is 30.9 Å². The lowest BCUT2D eigenvalue weighted by Crippen LogP contribution is -2.46. The van der Waals surface area contributed by atoms with Crippen LogP contribution in [0.2, 0.25) is 0 Å². The van der Waals surface area contributed by atoms with Gasteiger partial charge in [-0.15, -0.1) is 0 Å². The number of nitrogens with zero attached hydrogens (tertiary/aromatic N) is 5. The summed E-state index contributed by atoms with van der Waals surface area (Å²) in [5.41, 5.74) is 8.79. The lowest BCUT2D eigenvalue weighted by molar-refractivity contribution is -0.0198. The summed E-state index contributed by atoms with van der Waals surface area (Å²) in [5, 5.41) is 16.6. The van der Waals surface area contributed by atoms with E-state index in [1.807, 2.05) is 6.07 Å². The van der Waals surface area contributed by atoms with Gasteiger partial charge in [-0.25, -0.2) is 13.8 Å². The second-order valence-electron chi connectivity index (χ2n) is 9.74. The molecule has 1 fully saturated rings. The van der Waals surface area contributed by atoms with Crippen molar-refractivity contribution in [1.82, 2.24) is 19.6 Å². The summed E-state index contributed by atoms with van der Waals surface area (Å²) in [6, 6.07) is 9.36. The highest BCUT2D eigenvalue weighted by atomic mass is 19.1. The van der Waals surface area contributed by atoms with E-state index < -0.39 is 11.6 Å². The molecule has 3 aromatic heterocycles. The Morgan fingerprint density at radius 1 is 1.18 bits per heavy atom. The van der Waals surface area contributed by atoms with E-state index in [9.17, 15) is 8.78 Å². The minimum absolute atomic E-state index is 0.0840. The first-order chi connectivity index (χ1) is 18.9. The topological polar surface area (TPSA) is 123 Å². The molecule has 1 aliphatic carbocycles. The molecule has 3 heterocycles. The molecule has 9 nitrogen and oxygen atoms in total. The number of halogens is 2. The van der Waals surface area contributed by atoms with Crippen molar-refractivity contribution in [3.8, 4) is 23.1 Å². The Hall–Kier alpha value is -4.14. The summed E-state index contributed by atoms with van der Waals surface area (Å²) in [5.74, 6) is -0.749. The van der Waals surface area contributed by atoms with E-state index in [0.717, 1.165) is 29.8 Å². The van der Waals surface area contributed by atoms with Crippen LogP contribution in [0.1, 0.15) is 37.7 Å². The van der Waals surface area contributed by atoms with Crippen molar-refractivity contribution < 1.29 is 18.3 Å². The largest absolute Gasteiger partial charge is 0.497 e. The summed E-state index contributed by atoms with van der Waals surface area (Å²) in [7, 11) is 1.35. The van der Waals surface area contributed by atoms with E-state index in [4.69, 9.17) is 20.5 Å².